The highest BCUT2D eigenvalue weighted by molar-refractivity contribution is 7.95. The number of hydrogen-bond donors (Lipinski definition) is 3. The molecule has 0 bridgehead atoms. The van der Waals surface area contributed by atoms with Gasteiger partial charge in [-0.15, -0.1) is 0 Å². The van der Waals surface area contributed by atoms with Crippen LogP contribution >= 0.6 is 0 Å². The molecule has 2 aromatic rings. The maximum Gasteiger partial charge on any atom is 0.426 e. The molecule has 2 aromatic carbocycles. The highest BCUT2D eigenvalue weighted by atomic mass is 32.2. The molecule has 0 saturated heterocycles. The van der Waals surface area contributed by atoms with E-state index in [0.717, 1.165) is 11.0 Å². The van der Waals surface area contributed by atoms with Crippen molar-refractivity contribution in [1.29, 1.82) is 0 Å². The Morgan fingerprint density at radius 2 is 1.67 bits per heavy atom. The Labute approximate surface area is 157 Å². The molecule has 27 heavy (non-hydrogen) atoms. The molecule has 0 heterocycles. The van der Waals surface area contributed by atoms with Crippen molar-refractivity contribution >= 4 is 33.8 Å². The molecule has 0 aromatic heterocycles. The van der Waals surface area contributed by atoms with Crippen molar-refractivity contribution in [2.24, 2.45) is 0 Å². The molecular formula is C18H19N3O5S. The smallest absolute Gasteiger partial charge is 0.426 e. The first-order valence-corrected chi connectivity index (χ1v) is 9.53. The van der Waals surface area contributed by atoms with E-state index in [1.807, 2.05) is 6.07 Å². The van der Waals surface area contributed by atoms with Gasteiger partial charge in [0, 0.05) is 11.3 Å². The SMILES string of the molecule is CCOC(=O)NNC(=O)c1ccc(NS(=O)(=O)/C=C/c2ccccc2)cc1. The fourth-order valence-electron chi connectivity index (χ4n) is 1.97. The molecule has 2 amide bonds. The molecule has 8 nitrogen and oxygen atoms in total. The predicted octanol–water partition coefficient (Wildman–Crippen LogP) is 2.49. The van der Waals surface area contributed by atoms with E-state index in [9.17, 15) is 18.0 Å². The van der Waals surface area contributed by atoms with E-state index in [2.05, 4.69) is 20.3 Å². The molecular weight excluding hydrogens is 370 g/mol. The van der Waals surface area contributed by atoms with Crippen LogP contribution in [0.2, 0.25) is 0 Å². The first-order chi connectivity index (χ1) is 12.9. The Hall–Kier alpha value is -3.33. The molecule has 142 valence electrons. The van der Waals surface area contributed by atoms with Crippen LogP contribution in [0.1, 0.15) is 22.8 Å². The van der Waals surface area contributed by atoms with E-state index in [1.54, 1.807) is 31.2 Å². The highest BCUT2D eigenvalue weighted by Gasteiger charge is 2.09. The van der Waals surface area contributed by atoms with Crippen LogP contribution in [0.5, 0.6) is 0 Å². The Balaban J connectivity index is 1.95. The maximum atomic E-state index is 12.1. The van der Waals surface area contributed by atoms with Crippen LogP contribution in [0.25, 0.3) is 6.08 Å². The number of hydrogen-bond acceptors (Lipinski definition) is 5. The average Bonchev–Trinajstić information content (AvgIpc) is 2.66. The zero-order chi connectivity index (χ0) is 19.7. The van der Waals surface area contributed by atoms with Gasteiger partial charge in [0.1, 0.15) is 0 Å². The summed E-state index contributed by atoms with van der Waals surface area (Å²) in [5.41, 5.74) is 5.54. The predicted molar refractivity (Wildman–Crippen MR) is 102 cm³/mol. The summed E-state index contributed by atoms with van der Waals surface area (Å²) in [5, 5.41) is 1.06. The van der Waals surface area contributed by atoms with Gasteiger partial charge in [-0.1, -0.05) is 30.3 Å². The zero-order valence-corrected chi connectivity index (χ0v) is 15.3. The number of amides is 2. The highest BCUT2D eigenvalue weighted by Crippen LogP contribution is 2.13. The van der Waals surface area contributed by atoms with Gasteiger partial charge in [-0.2, -0.15) is 0 Å². The minimum atomic E-state index is -3.70. The molecule has 3 N–H and O–H groups in total. The molecule has 0 spiro atoms. The number of anilines is 1. The summed E-state index contributed by atoms with van der Waals surface area (Å²) in [6.45, 7) is 1.81. The van der Waals surface area contributed by atoms with Crippen molar-refractivity contribution in [1.82, 2.24) is 10.9 Å². The number of carbonyl (C=O) groups is 2. The maximum absolute atomic E-state index is 12.1. The summed E-state index contributed by atoms with van der Waals surface area (Å²) in [6, 6.07) is 14.7. The largest absolute Gasteiger partial charge is 0.449 e. The summed E-state index contributed by atoms with van der Waals surface area (Å²) >= 11 is 0. The van der Waals surface area contributed by atoms with Crippen molar-refractivity contribution < 1.29 is 22.7 Å². The first-order valence-electron chi connectivity index (χ1n) is 7.99. The second-order valence-electron chi connectivity index (χ2n) is 5.24. The molecule has 2 rings (SSSR count). The summed E-state index contributed by atoms with van der Waals surface area (Å²) < 4.78 is 31.2. The van der Waals surface area contributed by atoms with Gasteiger partial charge in [0.2, 0.25) is 0 Å². The number of rotatable bonds is 6. The van der Waals surface area contributed by atoms with Crippen molar-refractivity contribution in [3.63, 3.8) is 0 Å². The van der Waals surface area contributed by atoms with Crippen molar-refractivity contribution in [2.75, 3.05) is 11.3 Å². The molecule has 0 saturated carbocycles. The normalized spacial score (nSPS) is 11.0. The average molecular weight is 389 g/mol. The summed E-state index contributed by atoms with van der Waals surface area (Å²) in [5.74, 6) is -0.568. The van der Waals surface area contributed by atoms with E-state index >= 15 is 0 Å². The van der Waals surface area contributed by atoms with Gasteiger partial charge in [0.25, 0.3) is 15.9 Å². The molecule has 0 radical (unpaired) electrons. The summed E-state index contributed by atoms with van der Waals surface area (Å²) in [4.78, 5) is 23.0. The van der Waals surface area contributed by atoms with E-state index in [4.69, 9.17) is 0 Å². The molecule has 0 unspecified atom stereocenters. The molecule has 0 atom stereocenters. The Morgan fingerprint density at radius 3 is 2.30 bits per heavy atom. The fourth-order valence-corrected chi connectivity index (χ4v) is 2.84. The minimum absolute atomic E-state index is 0.176. The lowest BCUT2D eigenvalue weighted by Gasteiger charge is -2.08. The first kappa shape index (κ1) is 20.0. The van der Waals surface area contributed by atoms with Crippen LogP contribution in [-0.2, 0) is 14.8 Å². The Morgan fingerprint density at radius 1 is 1.00 bits per heavy atom. The molecule has 0 aliphatic carbocycles. The van der Waals surface area contributed by atoms with Crippen LogP contribution in [0.3, 0.4) is 0 Å². The van der Waals surface area contributed by atoms with E-state index in [0.29, 0.717) is 5.69 Å². The van der Waals surface area contributed by atoms with Crippen LogP contribution in [-0.4, -0.2) is 27.0 Å². The molecule has 0 fully saturated rings. The number of hydrazine groups is 1. The van der Waals surface area contributed by atoms with Gasteiger partial charge in [0.05, 0.1) is 12.0 Å². The number of ether oxygens (including phenoxy) is 1. The topological polar surface area (TPSA) is 114 Å². The summed E-state index contributed by atoms with van der Waals surface area (Å²) in [7, 11) is -3.70. The van der Waals surface area contributed by atoms with Gasteiger partial charge in [-0.05, 0) is 42.8 Å². The Bertz CT molecular complexity index is 910. The lowest BCUT2D eigenvalue weighted by molar-refractivity contribution is 0.0912. The van der Waals surface area contributed by atoms with Crippen LogP contribution in [0, 0.1) is 0 Å². The second-order valence-corrected chi connectivity index (χ2v) is 6.80. The van der Waals surface area contributed by atoms with Gasteiger partial charge in [-0.3, -0.25) is 14.9 Å². The minimum Gasteiger partial charge on any atom is -0.449 e. The number of benzene rings is 2. The zero-order valence-electron chi connectivity index (χ0n) is 14.5. The molecule has 0 aliphatic rings. The van der Waals surface area contributed by atoms with Crippen LogP contribution in [0.4, 0.5) is 10.5 Å². The third-order valence-corrected chi connectivity index (χ3v) is 4.21. The van der Waals surface area contributed by atoms with Crippen LogP contribution in [0.15, 0.2) is 60.0 Å². The quantitative estimate of drug-likeness (QED) is 0.657. The Kier molecular flexibility index (Phi) is 6.95. The number of sulfonamides is 1. The third-order valence-electron chi connectivity index (χ3n) is 3.20. The summed E-state index contributed by atoms with van der Waals surface area (Å²) in [6.07, 6.45) is 0.700. The lowest BCUT2D eigenvalue weighted by atomic mass is 10.2. The van der Waals surface area contributed by atoms with Gasteiger partial charge in [-0.25, -0.2) is 18.6 Å². The van der Waals surface area contributed by atoms with E-state index in [1.165, 1.54) is 30.3 Å². The molecule has 0 aliphatic heterocycles. The second kappa shape index (κ2) is 9.39. The standard InChI is InChI=1S/C18H19N3O5S/c1-2-26-18(23)20-19-17(22)15-8-10-16(11-9-15)21-27(24,25)13-12-14-6-4-3-5-7-14/h3-13,21H,2H2,1H3,(H,19,22)(H,20,23)/b13-12+. The van der Waals surface area contributed by atoms with Gasteiger partial charge >= 0.3 is 6.09 Å². The van der Waals surface area contributed by atoms with Crippen molar-refractivity contribution in [3.05, 3.63) is 71.1 Å². The van der Waals surface area contributed by atoms with Crippen LogP contribution < -0.4 is 15.6 Å². The third kappa shape index (κ3) is 6.83. The van der Waals surface area contributed by atoms with E-state index < -0.39 is 22.0 Å². The monoisotopic (exact) mass is 389 g/mol. The van der Waals surface area contributed by atoms with Crippen molar-refractivity contribution in [2.45, 2.75) is 6.92 Å². The number of carbonyl (C=O) groups excluding carboxylic acids is 2. The number of nitrogens with one attached hydrogen (secondary N) is 3. The lowest BCUT2D eigenvalue weighted by Crippen LogP contribution is -2.41. The van der Waals surface area contributed by atoms with Gasteiger partial charge < -0.3 is 4.74 Å². The van der Waals surface area contributed by atoms with Gasteiger partial charge in [0.15, 0.2) is 0 Å². The molecule has 9 heteroatoms. The fraction of sp³-hybridized carbons (Fsp3) is 0.111. The van der Waals surface area contributed by atoms with E-state index in [-0.39, 0.29) is 12.2 Å². The van der Waals surface area contributed by atoms with Crippen molar-refractivity contribution in [3.8, 4) is 0 Å².